The molecule has 1 heterocycles. The van der Waals surface area contributed by atoms with E-state index in [0.717, 1.165) is 11.7 Å². The average molecular weight is 401 g/mol. The third-order valence-electron chi connectivity index (χ3n) is 3.46. The molecule has 138 valence electrons. The van der Waals surface area contributed by atoms with Gasteiger partial charge in [0.05, 0.1) is 10.6 Å². The van der Waals surface area contributed by atoms with E-state index >= 15 is 0 Å². The van der Waals surface area contributed by atoms with Crippen molar-refractivity contribution in [2.24, 2.45) is 4.99 Å². The highest BCUT2D eigenvalue weighted by Crippen LogP contribution is 2.29. The minimum atomic E-state index is -3.48. The largest absolute Gasteiger partial charge is 0.360 e. The zero-order chi connectivity index (χ0) is 18.8. The SMILES string of the molecule is CC(C)NC(=S)N1C[C@H](C)SC1=Nc1cccc(S(=O)(=O)N(C)C)c1. The Morgan fingerprint density at radius 2 is 2.12 bits per heavy atom. The number of nitrogens with zero attached hydrogens (tertiary/aromatic N) is 3. The Bertz CT molecular complexity index is 775. The first-order valence-electron chi connectivity index (χ1n) is 7.97. The summed E-state index contributed by atoms with van der Waals surface area (Å²) in [7, 11) is -0.456. The molecule has 1 atom stereocenters. The van der Waals surface area contributed by atoms with Crippen LogP contribution in [0, 0.1) is 0 Å². The fourth-order valence-electron chi connectivity index (χ4n) is 2.23. The van der Waals surface area contributed by atoms with Crippen LogP contribution in [0.25, 0.3) is 0 Å². The Labute approximate surface area is 159 Å². The summed E-state index contributed by atoms with van der Waals surface area (Å²) < 4.78 is 25.8. The van der Waals surface area contributed by atoms with Crippen LogP contribution in [0.2, 0.25) is 0 Å². The molecule has 1 aromatic rings. The van der Waals surface area contributed by atoms with Gasteiger partial charge in [-0.15, -0.1) is 0 Å². The van der Waals surface area contributed by atoms with Gasteiger partial charge in [0.1, 0.15) is 0 Å². The van der Waals surface area contributed by atoms with Gasteiger partial charge in [0.2, 0.25) is 10.0 Å². The lowest BCUT2D eigenvalue weighted by Gasteiger charge is -2.22. The standard InChI is InChI=1S/C16H24N4O2S3/c1-11(2)17-15(23)20-10-12(3)24-16(20)18-13-7-6-8-14(9-13)25(21,22)19(4)5/h6-9,11-12H,10H2,1-5H3,(H,17,23)/t12-/m0/s1. The average Bonchev–Trinajstić information content (AvgIpc) is 2.87. The second-order valence-corrected chi connectivity index (χ2v) is 10.3. The van der Waals surface area contributed by atoms with Crippen LogP contribution in [0.15, 0.2) is 34.2 Å². The van der Waals surface area contributed by atoms with Crippen LogP contribution < -0.4 is 5.32 Å². The highest BCUT2D eigenvalue weighted by atomic mass is 32.2. The Morgan fingerprint density at radius 3 is 2.72 bits per heavy atom. The minimum absolute atomic E-state index is 0.227. The Balaban J connectivity index is 2.33. The molecule has 9 heteroatoms. The quantitative estimate of drug-likeness (QED) is 0.784. The Morgan fingerprint density at radius 1 is 1.44 bits per heavy atom. The van der Waals surface area contributed by atoms with Crippen molar-refractivity contribution >= 4 is 50.0 Å². The minimum Gasteiger partial charge on any atom is -0.360 e. The first kappa shape index (κ1) is 20.2. The third kappa shape index (κ3) is 4.93. The number of thiocarbonyl (C=S) groups is 1. The molecular weight excluding hydrogens is 376 g/mol. The van der Waals surface area contributed by atoms with E-state index in [2.05, 4.69) is 17.2 Å². The summed E-state index contributed by atoms with van der Waals surface area (Å²) in [5, 5.41) is 5.02. The molecule has 6 nitrogen and oxygen atoms in total. The van der Waals surface area contributed by atoms with Crippen molar-refractivity contribution in [1.29, 1.82) is 0 Å². The fraction of sp³-hybridized carbons (Fsp3) is 0.500. The molecule has 2 rings (SSSR count). The lowest BCUT2D eigenvalue weighted by atomic mass is 10.3. The van der Waals surface area contributed by atoms with Gasteiger partial charge in [-0.25, -0.2) is 17.7 Å². The van der Waals surface area contributed by atoms with Crippen LogP contribution >= 0.6 is 24.0 Å². The van der Waals surface area contributed by atoms with Gasteiger partial charge >= 0.3 is 0 Å². The summed E-state index contributed by atoms with van der Waals surface area (Å²) in [6.07, 6.45) is 0. The van der Waals surface area contributed by atoms with E-state index < -0.39 is 10.0 Å². The normalized spacial score (nSPS) is 19.9. The summed E-state index contributed by atoms with van der Waals surface area (Å²) in [4.78, 5) is 6.84. The van der Waals surface area contributed by atoms with Gasteiger partial charge in [0.15, 0.2) is 10.3 Å². The Hall–Kier alpha value is -1.16. The van der Waals surface area contributed by atoms with Crippen molar-refractivity contribution < 1.29 is 8.42 Å². The molecule has 1 saturated heterocycles. The van der Waals surface area contributed by atoms with Gasteiger partial charge in [0, 0.05) is 31.9 Å². The molecular formula is C16H24N4O2S3. The van der Waals surface area contributed by atoms with E-state index in [1.54, 1.807) is 36.0 Å². The van der Waals surface area contributed by atoms with Gasteiger partial charge in [-0.3, -0.25) is 4.90 Å². The molecule has 1 aromatic carbocycles. The summed E-state index contributed by atoms with van der Waals surface area (Å²) in [5.74, 6) is 0. The maximum atomic E-state index is 12.3. The molecule has 25 heavy (non-hydrogen) atoms. The number of rotatable bonds is 4. The number of hydrogen-bond donors (Lipinski definition) is 1. The third-order valence-corrected chi connectivity index (χ3v) is 6.68. The predicted molar refractivity (Wildman–Crippen MR) is 109 cm³/mol. The molecule has 1 N–H and O–H groups in total. The van der Waals surface area contributed by atoms with Crippen LogP contribution in [0.4, 0.5) is 5.69 Å². The van der Waals surface area contributed by atoms with Gasteiger partial charge < -0.3 is 5.32 Å². The van der Waals surface area contributed by atoms with Crippen molar-refractivity contribution in [2.45, 2.75) is 37.0 Å². The molecule has 0 bridgehead atoms. The lowest BCUT2D eigenvalue weighted by molar-refractivity contribution is 0.521. The zero-order valence-corrected chi connectivity index (χ0v) is 17.5. The lowest BCUT2D eigenvalue weighted by Crippen LogP contribution is -2.43. The summed E-state index contributed by atoms with van der Waals surface area (Å²) >= 11 is 7.11. The van der Waals surface area contributed by atoms with E-state index in [0.29, 0.717) is 16.0 Å². The second kappa shape index (κ2) is 8.03. The molecule has 0 aliphatic carbocycles. The van der Waals surface area contributed by atoms with Crippen molar-refractivity contribution in [3.05, 3.63) is 24.3 Å². The second-order valence-electron chi connectivity index (χ2n) is 6.32. The molecule has 1 aliphatic heterocycles. The first-order valence-corrected chi connectivity index (χ1v) is 10.7. The van der Waals surface area contributed by atoms with Gasteiger partial charge in [-0.05, 0) is 44.3 Å². The first-order chi connectivity index (χ1) is 11.6. The number of aliphatic imine (C=N–C) groups is 1. The van der Waals surface area contributed by atoms with Crippen molar-refractivity contribution in [1.82, 2.24) is 14.5 Å². The number of nitrogens with one attached hydrogen (secondary N) is 1. The maximum Gasteiger partial charge on any atom is 0.242 e. The maximum absolute atomic E-state index is 12.3. The monoisotopic (exact) mass is 400 g/mol. The highest BCUT2D eigenvalue weighted by molar-refractivity contribution is 8.14. The molecule has 0 spiro atoms. The smallest absolute Gasteiger partial charge is 0.242 e. The number of hydrogen-bond acceptors (Lipinski definition) is 5. The molecule has 1 fully saturated rings. The van der Waals surface area contributed by atoms with E-state index in [-0.39, 0.29) is 10.9 Å². The van der Waals surface area contributed by atoms with Gasteiger partial charge in [-0.2, -0.15) is 0 Å². The van der Waals surface area contributed by atoms with E-state index in [1.807, 2.05) is 18.7 Å². The molecule has 0 amide bonds. The van der Waals surface area contributed by atoms with Crippen molar-refractivity contribution in [3.8, 4) is 0 Å². The summed E-state index contributed by atoms with van der Waals surface area (Å²) in [5.41, 5.74) is 0.594. The number of amidine groups is 1. The summed E-state index contributed by atoms with van der Waals surface area (Å²) in [6, 6.07) is 6.90. The molecule has 0 radical (unpaired) electrons. The number of thioether (sulfide) groups is 1. The van der Waals surface area contributed by atoms with Crippen LogP contribution in [0.3, 0.4) is 0 Å². The van der Waals surface area contributed by atoms with Crippen LogP contribution in [0.1, 0.15) is 20.8 Å². The molecule has 0 aromatic heterocycles. The van der Waals surface area contributed by atoms with Gasteiger partial charge in [0.25, 0.3) is 0 Å². The fourth-order valence-corrected chi connectivity index (χ4v) is 4.66. The van der Waals surface area contributed by atoms with Crippen molar-refractivity contribution in [2.75, 3.05) is 20.6 Å². The van der Waals surface area contributed by atoms with E-state index in [4.69, 9.17) is 12.2 Å². The van der Waals surface area contributed by atoms with Crippen LogP contribution in [0.5, 0.6) is 0 Å². The van der Waals surface area contributed by atoms with Crippen molar-refractivity contribution in [3.63, 3.8) is 0 Å². The predicted octanol–water partition coefficient (Wildman–Crippen LogP) is 2.64. The van der Waals surface area contributed by atoms with Gasteiger partial charge in [-0.1, -0.05) is 24.8 Å². The Kier molecular flexibility index (Phi) is 6.47. The molecule has 1 aliphatic rings. The van der Waals surface area contributed by atoms with Crippen LogP contribution in [-0.2, 0) is 10.0 Å². The summed E-state index contributed by atoms with van der Waals surface area (Å²) in [6.45, 7) is 6.96. The highest BCUT2D eigenvalue weighted by Gasteiger charge is 2.29. The number of benzene rings is 1. The number of sulfonamides is 1. The zero-order valence-electron chi connectivity index (χ0n) is 15.1. The molecule has 0 saturated carbocycles. The van der Waals surface area contributed by atoms with E-state index in [9.17, 15) is 8.42 Å². The van der Waals surface area contributed by atoms with Crippen LogP contribution in [-0.4, -0.2) is 59.8 Å². The van der Waals surface area contributed by atoms with E-state index in [1.165, 1.54) is 18.4 Å². The topological polar surface area (TPSA) is 65.0 Å². The molecule has 0 unspecified atom stereocenters.